The van der Waals surface area contributed by atoms with Crippen LogP contribution in [0.15, 0.2) is 12.1 Å². The lowest BCUT2D eigenvalue weighted by molar-refractivity contribution is -0.117. The van der Waals surface area contributed by atoms with Crippen molar-refractivity contribution in [2.75, 3.05) is 22.6 Å². The van der Waals surface area contributed by atoms with Crippen molar-refractivity contribution in [3.05, 3.63) is 35.3 Å². The zero-order valence-electron chi connectivity index (χ0n) is 16.8. The van der Waals surface area contributed by atoms with Crippen LogP contribution in [-0.2, 0) is 4.79 Å². The van der Waals surface area contributed by atoms with Crippen molar-refractivity contribution in [3.8, 4) is 5.75 Å². The molecule has 0 radical (unpaired) electrons. The number of fused-ring (bicyclic) bond motifs is 1. The van der Waals surface area contributed by atoms with Gasteiger partial charge in [-0.05, 0) is 13.3 Å². The average molecular weight is 421 g/mol. The summed E-state index contributed by atoms with van der Waals surface area (Å²) < 4.78 is 45.2. The summed E-state index contributed by atoms with van der Waals surface area (Å²) in [6, 6.07) is 1.40. The van der Waals surface area contributed by atoms with Gasteiger partial charge in [0.2, 0.25) is 11.9 Å². The van der Waals surface area contributed by atoms with Crippen LogP contribution in [0.25, 0.3) is 0 Å². The van der Waals surface area contributed by atoms with E-state index in [1.807, 2.05) is 18.9 Å². The van der Waals surface area contributed by atoms with Gasteiger partial charge in [0, 0.05) is 38.1 Å². The smallest absolute Gasteiger partial charge is 0.247 e. The van der Waals surface area contributed by atoms with Gasteiger partial charge in [0.05, 0.1) is 5.69 Å². The first-order valence-corrected chi connectivity index (χ1v) is 9.76. The molecule has 10 heteroatoms. The molecule has 160 valence electrons. The van der Waals surface area contributed by atoms with E-state index in [1.165, 1.54) is 0 Å². The topological polar surface area (TPSA) is 79.4 Å². The monoisotopic (exact) mass is 421 g/mol. The normalized spacial score (nSPS) is 22.8. The van der Waals surface area contributed by atoms with Crippen molar-refractivity contribution in [1.29, 1.82) is 0 Å². The molecule has 0 unspecified atom stereocenters. The molecule has 0 saturated heterocycles. The number of nitrogens with one attached hydrogen (secondary N) is 2. The largest absolute Gasteiger partial charge is 0.490 e. The third kappa shape index (κ3) is 3.61. The van der Waals surface area contributed by atoms with E-state index in [9.17, 15) is 18.0 Å². The van der Waals surface area contributed by atoms with E-state index in [4.69, 9.17) is 4.74 Å². The number of benzene rings is 1. The number of rotatable bonds is 5. The number of nitrogens with zero attached hydrogens (tertiary/aromatic N) is 3. The molecule has 1 saturated carbocycles. The fraction of sp³-hybridized carbons (Fsp3) is 0.450. The molecule has 1 aliphatic heterocycles. The van der Waals surface area contributed by atoms with E-state index < -0.39 is 17.5 Å². The summed E-state index contributed by atoms with van der Waals surface area (Å²) in [5, 5.41) is 6.11. The summed E-state index contributed by atoms with van der Waals surface area (Å²) in [4.78, 5) is 23.0. The SMILES string of the molecule is CC[C@H]1C(=O)Nc2c(C)nc(NC3CC(Oc4cc(F)c(F)c(F)c4)C3)nc2N1C. The van der Waals surface area contributed by atoms with E-state index in [1.54, 1.807) is 6.92 Å². The van der Waals surface area contributed by atoms with Gasteiger partial charge in [-0.25, -0.2) is 18.2 Å². The Morgan fingerprint density at radius 1 is 1.23 bits per heavy atom. The molecule has 7 nitrogen and oxygen atoms in total. The first-order chi connectivity index (χ1) is 14.3. The van der Waals surface area contributed by atoms with Crippen LogP contribution in [0.1, 0.15) is 31.9 Å². The minimum absolute atomic E-state index is 0.0213. The Labute approximate surface area is 171 Å². The predicted octanol–water partition coefficient (Wildman–Crippen LogP) is 3.39. The van der Waals surface area contributed by atoms with Gasteiger partial charge >= 0.3 is 0 Å². The Kier molecular flexibility index (Phi) is 5.17. The Bertz CT molecular complexity index is 974. The fourth-order valence-corrected chi connectivity index (χ4v) is 3.77. The third-order valence-electron chi connectivity index (χ3n) is 5.50. The van der Waals surface area contributed by atoms with Gasteiger partial charge in [-0.2, -0.15) is 4.98 Å². The molecule has 1 aromatic carbocycles. The number of aryl methyl sites for hydroxylation is 1. The van der Waals surface area contributed by atoms with Crippen LogP contribution in [0.3, 0.4) is 0 Å². The van der Waals surface area contributed by atoms with Crippen LogP contribution in [0, 0.1) is 24.4 Å². The highest BCUT2D eigenvalue weighted by Crippen LogP contribution is 2.34. The molecule has 30 heavy (non-hydrogen) atoms. The first-order valence-electron chi connectivity index (χ1n) is 9.76. The lowest BCUT2D eigenvalue weighted by Gasteiger charge is -2.37. The summed E-state index contributed by atoms with van der Waals surface area (Å²) in [7, 11) is 1.83. The standard InChI is InChI=1S/C20H22F3N5O2/c1-4-15-19(29)26-17-9(2)24-20(27-18(17)28(15)3)25-10-5-11(6-10)30-12-7-13(21)16(23)14(22)8-12/h7-8,10-11,15H,4-6H2,1-3H3,(H,26,29)(H,24,25,27)/t10?,11?,15-/m0/s1. The zero-order valence-corrected chi connectivity index (χ0v) is 16.8. The first kappa shape index (κ1) is 20.2. The molecule has 2 aromatic rings. The third-order valence-corrected chi connectivity index (χ3v) is 5.50. The summed E-state index contributed by atoms with van der Waals surface area (Å²) in [5.41, 5.74) is 1.26. The predicted molar refractivity (Wildman–Crippen MR) is 105 cm³/mol. The van der Waals surface area contributed by atoms with Gasteiger partial charge in [-0.3, -0.25) is 4.79 Å². The second-order valence-corrected chi connectivity index (χ2v) is 7.61. The number of halogens is 3. The van der Waals surface area contributed by atoms with Gasteiger partial charge in [0.1, 0.15) is 23.6 Å². The number of aromatic nitrogens is 2. The van der Waals surface area contributed by atoms with Crippen LogP contribution in [0.5, 0.6) is 5.75 Å². The van der Waals surface area contributed by atoms with E-state index in [2.05, 4.69) is 20.6 Å². The van der Waals surface area contributed by atoms with Gasteiger partial charge in [-0.1, -0.05) is 6.92 Å². The van der Waals surface area contributed by atoms with Gasteiger partial charge in [0.25, 0.3) is 0 Å². The van der Waals surface area contributed by atoms with Crippen LogP contribution in [-0.4, -0.2) is 41.1 Å². The maximum atomic E-state index is 13.3. The Balaban J connectivity index is 1.40. The molecule has 1 amide bonds. The van der Waals surface area contributed by atoms with Crippen molar-refractivity contribution >= 4 is 23.4 Å². The number of carbonyl (C=O) groups excluding carboxylic acids is 1. The summed E-state index contributed by atoms with van der Waals surface area (Å²) in [6.45, 7) is 3.74. The van der Waals surface area contributed by atoms with Crippen LogP contribution in [0.4, 0.5) is 30.6 Å². The molecule has 0 bridgehead atoms. The Morgan fingerprint density at radius 3 is 2.53 bits per heavy atom. The molecule has 1 aromatic heterocycles. The number of amides is 1. The van der Waals surface area contributed by atoms with Crippen LogP contribution >= 0.6 is 0 Å². The summed E-state index contributed by atoms with van der Waals surface area (Å²) in [5.74, 6) is -3.10. The molecule has 2 aliphatic rings. The van der Waals surface area contributed by atoms with E-state index in [0.717, 1.165) is 12.1 Å². The molecule has 0 spiro atoms. The Hall–Kier alpha value is -3.04. The number of likely N-dealkylation sites (N-methyl/N-ethyl adjacent to an activating group) is 1. The molecular formula is C20H22F3N5O2. The second kappa shape index (κ2) is 7.66. The number of hydrogen-bond donors (Lipinski definition) is 2. The van der Waals surface area contributed by atoms with Gasteiger partial charge in [0.15, 0.2) is 23.3 Å². The zero-order chi connectivity index (χ0) is 21.6. The average Bonchev–Trinajstić information content (AvgIpc) is 2.65. The minimum atomic E-state index is -1.51. The van der Waals surface area contributed by atoms with Crippen LogP contribution in [0.2, 0.25) is 0 Å². The van der Waals surface area contributed by atoms with E-state index in [-0.39, 0.29) is 29.8 Å². The van der Waals surface area contributed by atoms with E-state index in [0.29, 0.717) is 42.4 Å². The van der Waals surface area contributed by atoms with Crippen molar-refractivity contribution in [3.63, 3.8) is 0 Å². The number of hydrogen-bond acceptors (Lipinski definition) is 6. The van der Waals surface area contributed by atoms with Gasteiger partial charge in [-0.15, -0.1) is 0 Å². The van der Waals surface area contributed by atoms with Crippen molar-refractivity contribution < 1.29 is 22.7 Å². The number of anilines is 3. The summed E-state index contributed by atoms with van der Waals surface area (Å²) >= 11 is 0. The maximum Gasteiger partial charge on any atom is 0.247 e. The second-order valence-electron chi connectivity index (χ2n) is 7.61. The minimum Gasteiger partial charge on any atom is -0.490 e. The highest BCUT2D eigenvalue weighted by molar-refractivity contribution is 6.03. The highest BCUT2D eigenvalue weighted by atomic mass is 19.2. The molecule has 1 atom stereocenters. The lowest BCUT2D eigenvalue weighted by atomic mass is 9.89. The number of ether oxygens (including phenoxy) is 1. The molecular weight excluding hydrogens is 399 g/mol. The molecule has 2 heterocycles. The van der Waals surface area contributed by atoms with Crippen molar-refractivity contribution in [2.45, 2.75) is 51.3 Å². The highest BCUT2D eigenvalue weighted by Gasteiger charge is 2.34. The molecule has 2 N–H and O–H groups in total. The molecule has 1 aliphatic carbocycles. The van der Waals surface area contributed by atoms with Crippen molar-refractivity contribution in [1.82, 2.24) is 9.97 Å². The molecule has 4 rings (SSSR count). The van der Waals surface area contributed by atoms with Gasteiger partial charge < -0.3 is 20.3 Å². The summed E-state index contributed by atoms with van der Waals surface area (Å²) in [6.07, 6.45) is 1.55. The fourth-order valence-electron chi connectivity index (χ4n) is 3.77. The van der Waals surface area contributed by atoms with E-state index >= 15 is 0 Å². The lowest BCUT2D eigenvalue weighted by Crippen LogP contribution is -2.47. The quantitative estimate of drug-likeness (QED) is 0.721. The van der Waals surface area contributed by atoms with Crippen LogP contribution < -0.4 is 20.3 Å². The van der Waals surface area contributed by atoms with Crippen molar-refractivity contribution in [2.24, 2.45) is 0 Å². The number of carbonyl (C=O) groups is 1. The molecule has 1 fully saturated rings. The Morgan fingerprint density at radius 2 is 1.90 bits per heavy atom. The maximum absolute atomic E-state index is 13.3.